The van der Waals surface area contributed by atoms with E-state index in [0.717, 1.165) is 4.79 Å². The van der Waals surface area contributed by atoms with E-state index in [1.807, 2.05) is 0 Å². The fourth-order valence-corrected chi connectivity index (χ4v) is 0.883. The van der Waals surface area contributed by atoms with Gasteiger partial charge in [-0.05, 0) is 10.3 Å². The monoisotopic (exact) mass is 272 g/mol. The molecule has 0 bridgehead atoms. The SMILES string of the molecule is O=[N+]([O-])/N=c1/[n-]nnn1Nn1[nH]nn/c1=N\[N+](=O)[O-]. The molecule has 2 aromatic heterocycles. The Labute approximate surface area is 99.0 Å². The van der Waals surface area contributed by atoms with Crippen molar-refractivity contribution in [3.05, 3.63) is 31.5 Å². The zero-order valence-corrected chi connectivity index (χ0v) is 8.55. The standard InChI is InChI=1S/C2H2N13O4/c16-14(17)5-1-3-7-9-12(1)11-13-2(4-8-10-13)6-15(18)19/h11H,(H-,3,4,5,6,9,10)/q-1. The molecule has 0 saturated carbocycles. The molecule has 0 spiro atoms. The Hall–Kier alpha value is -3.66. The number of nitrogens with one attached hydrogen (secondary N) is 2. The summed E-state index contributed by atoms with van der Waals surface area (Å²) in [6.07, 6.45) is 0. The van der Waals surface area contributed by atoms with Crippen LogP contribution in [0.4, 0.5) is 0 Å². The molecule has 0 saturated heterocycles. The van der Waals surface area contributed by atoms with Crippen molar-refractivity contribution < 1.29 is 10.1 Å². The lowest BCUT2D eigenvalue weighted by molar-refractivity contribution is -0.491. The van der Waals surface area contributed by atoms with Gasteiger partial charge in [0.25, 0.3) is 0 Å². The van der Waals surface area contributed by atoms with Crippen molar-refractivity contribution in [1.82, 2.24) is 40.6 Å². The molecule has 19 heavy (non-hydrogen) atoms. The number of nitro groups is 2. The summed E-state index contributed by atoms with van der Waals surface area (Å²) in [6, 6.07) is 0. The van der Waals surface area contributed by atoms with Crippen LogP contribution in [-0.4, -0.2) is 45.6 Å². The van der Waals surface area contributed by atoms with Crippen LogP contribution in [0.2, 0.25) is 0 Å². The molecule has 17 heteroatoms. The van der Waals surface area contributed by atoms with Crippen molar-refractivity contribution in [1.29, 1.82) is 0 Å². The predicted octanol–water partition coefficient (Wildman–Crippen LogP) is -4.65. The summed E-state index contributed by atoms with van der Waals surface area (Å²) in [7, 11) is 0. The van der Waals surface area contributed by atoms with Crippen molar-refractivity contribution >= 4 is 0 Å². The first kappa shape index (κ1) is 11.8. The Morgan fingerprint density at radius 2 is 2.05 bits per heavy atom. The van der Waals surface area contributed by atoms with Crippen LogP contribution < -0.4 is 21.9 Å². The van der Waals surface area contributed by atoms with Crippen LogP contribution in [0.5, 0.6) is 0 Å². The second kappa shape index (κ2) is 4.68. The largest absolute Gasteiger partial charge is 0.357 e. The summed E-state index contributed by atoms with van der Waals surface area (Å²) in [5.74, 6) is 0. The van der Waals surface area contributed by atoms with Gasteiger partial charge in [0.2, 0.25) is 0 Å². The number of hydrogen-bond donors (Lipinski definition) is 2. The Kier molecular flexibility index (Phi) is 2.91. The van der Waals surface area contributed by atoms with Gasteiger partial charge in [-0.2, -0.15) is 10.4 Å². The molecule has 0 radical (unpaired) electrons. The van der Waals surface area contributed by atoms with Crippen LogP contribution in [0.1, 0.15) is 0 Å². The van der Waals surface area contributed by atoms with Crippen molar-refractivity contribution in [2.45, 2.75) is 0 Å². The van der Waals surface area contributed by atoms with E-state index in [4.69, 9.17) is 0 Å². The van der Waals surface area contributed by atoms with Crippen molar-refractivity contribution in [2.75, 3.05) is 5.53 Å². The lowest BCUT2D eigenvalue weighted by Gasteiger charge is -2.06. The normalized spacial score (nSPS) is 12.6. The summed E-state index contributed by atoms with van der Waals surface area (Å²) in [4.78, 5) is 21.8. The zero-order chi connectivity index (χ0) is 13.8. The lowest BCUT2D eigenvalue weighted by atomic mass is 11.2. The van der Waals surface area contributed by atoms with Gasteiger partial charge in [-0.1, -0.05) is 5.10 Å². The van der Waals surface area contributed by atoms with Crippen LogP contribution in [0, 0.1) is 20.2 Å². The average molecular weight is 272 g/mol. The minimum atomic E-state index is -1.03. The fraction of sp³-hybridized carbons (Fsp3) is 0. The van der Waals surface area contributed by atoms with E-state index >= 15 is 0 Å². The van der Waals surface area contributed by atoms with Crippen LogP contribution in [0.3, 0.4) is 0 Å². The van der Waals surface area contributed by atoms with Crippen LogP contribution in [-0.2, 0) is 0 Å². The molecule has 2 N–H and O–H groups in total. The molecule has 0 unspecified atom stereocenters. The zero-order valence-electron chi connectivity index (χ0n) is 8.55. The number of H-pyrrole nitrogens is 1. The van der Waals surface area contributed by atoms with Gasteiger partial charge in [-0.25, -0.2) is 35.7 Å². The molecule has 100 valence electrons. The van der Waals surface area contributed by atoms with E-state index in [1.54, 1.807) is 0 Å². The fourth-order valence-electron chi connectivity index (χ4n) is 0.883. The molecule has 0 amide bonds. The summed E-state index contributed by atoms with van der Waals surface area (Å²) < 4.78 is 0. The topological polar surface area (TPSA) is 214 Å². The second-order valence-corrected chi connectivity index (χ2v) is 2.60. The molecule has 0 aliphatic heterocycles. The number of tetrazole rings is 2. The van der Waals surface area contributed by atoms with Gasteiger partial charge in [-0.3, -0.25) is 0 Å². The molecular weight excluding hydrogens is 270 g/mol. The van der Waals surface area contributed by atoms with Gasteiger partial charge in [-0.15, -0.1) is 10.0 Å². The second-order valence-electron chi connectivity index (χ2n) is 2.60. The van der Waals surface area contributed by atoms with E-state index in [9.17, 15) is 20.2 Å². The maximum absolute atomic E-state index is 10.2. The third-order valence-corrected chi connectivity index (χ3v) is 1.47. The molecule has 0 aliphatic carbocycles. The lowest BCUT2D eigenvalue weighted by Crippen LogP contribution is -2.39. The maximum atomic E-state index is 10.2. The van der Waals surface area contributed by atoms with Crippen molar-refractivity contribution in [3.63, 3.8) is 0 Å². The summed E-state index contributed by atoms with van der Waals surface area (Å²) in [5.41, 5.74) is 1.24. The Morgan fingerprint density at radius 1 is 1.32 bits per heavy atom. The van der Waals surface area contributed by atoms with E-state index in [-0.39, 0.29) is 0 Å². The molecule has 17 nitrogen and oxygen atoms in total. The Bertz CT molecular complexity index is 662. The summed E-state index contributed by atoms with van der Waals surface area (Å²) >= 11 is 0. The molecule has 2 heterocycles. The van der Waals surface area contributed by atoms with Gasteiger partial charge in [0.1, 0.15) is 10.1 Å². The highest BCUT2D eigenvalue weighted by Crippen LogP contribution is 1.68. The highest BCUT2D eigenvalue weighted by molar-refractivity contribution is 4.61. The average Bonchev–Trinajstić information content (AvgIpc) is 2.89. The third kappa shape index (κ3) is 2.72. The first-order chi connectivity index (χ1) is 9.06. The molecule has 2 aromatic rings. The van der Waals surface area contributed by atoms with Gasteiger partial charge in [0.05, 0.1) is 0 Å². The van der Waals surface area contributed by atoms with E-state index in [2.05, 4.69) is 46.8 Å². The summed E-state index contributed by atoms with van der Waals surface area (Å²) in [6.45, 7) is 0. The van der Waals surface area contributed by atoms with E-state index in [1.165, 1.54) is 0 Å². The van der Waals surface area contributed by atoms with Crippen LogP contribution in [0.15, 0.2) is 10.2 Å². The number of rotatable bonds is 4. The van der Waals surface area contributed by atoms with Gasteiger partial charge >= 0.3 is 5.62 Å². The third-order valence-electron chi connectivity index (χ3n) is 1.47. The molecule has 0 aliphatic rings. The van der Waals surface area contributed by atoms with Gasteiger partial charge < -0.3 is 0 Å². The molecular formula is C2H2N13O4-. The first-order valence-corrected chi connectivity index (χ1v) is 4.17. The van der Waals surface area contributed by atoms with Crippen molar-refractivity contribution in [2.24, 2.45) is 10.2 Å². The first-order valence-electron chi connectivity index (χ1n) is 4.17. The minimum Gasteiger partial charge on any atom is -0.242 e. The number of aromatic nitrogens is 8. The van der Waals surface area contributed by atoms with E-state index < -0.39 is 21.3 Å². The Balaban J connectivity index is 2.38. The smallest absolute Gasteiger partial charge is 0.242 e. The van der Waals surface area contributed by atoms with Crippen LogP contribution >= 0.6 is 0 Å². The van der Waals surface area contributed by atoms with Gasteiger partial charge in [0, 0.05) is 0 Å². The predicted molar refractivity (Wildman–Crippen MR) is 47.6 cm³/mol. The molecule has 0 atom stereocenters. The molecule has 0 aromatic carbocycles. The Morgan fingerprint density at radius 3 is 2.74 bits per heavy atom. The quantitative estimate of drug-likeness (QED) is 0.400. The number of hydrogen-bond acceptors (Lipinski definition) is 9. The summed E-state index contributed by atoms with van der Waals surface area (Å²) in [5, 5.41) is 42.3. The molecule has 0 fully saturated rings. The number of nitrogens with zero attached hydrogens (tertiary/aromatic N) is 11. The van der Waals surface area contributed by atoms with Gasteiger partial charge in [0.15, 0.2) is 10.7 Å². The highest BCUT2D eigenvalue weighted by atomic mass is 16.7. The maximum Gasteiger partial charge on any atom is 0.357 e. The van der Waals surface area contributed by atoms with E-state index in [0.29, 0.717) is 4.79 Å². The highest BCUT2D eigenvalue weighted by Gasteiger charge is 2.02. The molecule has 2 rings (SSSR count). The minimum absolute atomic E-state index is 0.479. The number of aromatic amines is 1. The van der Waals surface area contributed by atoms with Crippen molar-refractivity contribution in [3.8, 4) is 0 Å². The van der Waals surface area contributed by atoms with Crippen LogP contribution in [0.25, 0.3) is 0 Å².